The molecule has 1 saturated carbocycles. The summed E-state index contributed by atoms with van der Waals surface area (Å²) in [6.45, 7) is 2.52. The molecular formula is C24H25N5O. The first kappa shape index (κ1) is 20.0. The number of ether oxygens (including phenoxy) is 1. The van der Waals surface area contributed by atoms with Gasteiger partial charge in [0.15, 0.2) is 0 Å². The molecule has 0 saturated heterocycles. The van der Waals surface area contributed by atoms with Crippen LogP contribution in [0.5, 0.6) is 0 Å². The van der Waals surface area contributed by atoms with Gasteiger partial charge in [-0.3, -0.25) is 4.98 Å². The average Bonchev–Trinajstić information content (AvgIpc) is 3.23. The van der Waals surface area contributed by atoms with Crippen LogP contribution < -0.4 is 5.32 Å². The van der Waals surface area contributed by atoms with E-state index in [9.17, 15) is 5.26 Å². The smallest absolute Gasteiger partial charge is 0.223 e. The Kier molecular flexibility index (Phi) is 6.31. The van der Waals surface area contributed by atoms with Crippen molar-refractivity contribution in [3.8, 4) is 6.07 Å². The van der Waals surface area contributed by atoms with Crippen LogP contribution in [0.25, 0.3) is 0 Å². The lowest BCUT2D eigenvalue weighted by Gasteiger charge is -2.22. The van der Waals surface area contributed by atoms with E-state index in [4.69, 9.17) is 9.72 Å². The number of hydrogen-bond acceptors (Lipinski definition) is 6. The molecule has 3 aromatic rings. The van der Waals surface area contributed by atoms with Crippen LogP contribution in [-0.4, -0.2) is 27.1 Å². The van der Waals surface area contributed by atoms with Crippen molar-refractivity contribution in [2.45, 2.75) is 50.9 Å². The first-order valence-corrected chi connectivity index (χ1v) is 10.3. The third kappa shape index (κ3) is 4.64. The zero-order chi connectivity index (χ0) is 20.8. The number of pyridine rings is 1. The van der Waals surface area contributed by atoms with E-state index < -0.39 is 5.92 Å². The standard InChI is InChI=1S/C24H25N5O/c1-17-15-27-24(29-23(17)19(14-25)20-10-5-6-13-26-20)28-21-11-7-12-22(21)30-16-18-8-3-2-4-9-18/h2-6,8-10,13,15,19,21-22H,7,11-12,16H2,1H3,(H,27,28,29)/t19?,21-,22-/m0/s1. The molecule has 6 heteroatoms. The number of rotatable bonds is 7. The van der Waals surface area contributed by atoms with Gasteiger partial charge in [-0.05, 0) is 49.4 Å². The quantitative estimate of drug-likeness (QED) is 0.634. The minimum Gasteiger partial charge on any atom is -0.371 e. The van der Waals surface area contributed by atoms with E-state index in [2.05, 4.69) is 33.5 Å². The highest BCUT2D eigenvalue weighted by molar-refractivity contribution is 5.39. The SMILES string of the molecule is Cc1cnc(N[C@H]2CCC[C@@H]2OCc2ccccc2)nc1C(C#N)c1ccccn1. The lowest BCUT2D eigenvalue weighted by molar-refractivity contribution is 0.0393. The fraction of sp³-hybridized carbons (Fsp3) is 0.333. The summed E-state index contributed by atoms with van der Waals surface area (Å²) in [4.78, 5) is 13.5. The van der Waals surface area contributed by atoms with Crippen LogP contribution in [0.3, 0.4) is 0 Å². The number of aryl methyl sites for hydroxylation is 1. The van der Waals surface area contributed by atoms with Gasteiger partial charge in [-0.25, -0.2) is 9.97 Å². The number of benzene rings is 1. The molecule has 3 atom stereocenters. The fourth-order valence-electron chi connectivity index (χ4n) is 3.87. The first-order chi connectivity index (χ1) is 14.7. The molecule has 1 aromatic carbocycles. The molecule has 2 heterocycles. The van der Waals surface area contributed by atoms with Gasteiger partial charge in [0, 0.05) is 12.4 Å². The molecule has 0 amide bonds. The molecule has 0 radical (unpaired) electrons. The summed E-state index contributed by atoms with van der Waals surface area (Å²) in [7, 11) is 0. The topological polar surface area (TPSA) is 83.7 Å². The van der Waals surface area contributed by atoms with Crippen LogP contribution >= 0.6 is 0 Å². The Morgan fingerprint density at radius 1 is 1.13 bits per heavy atom. The van der Waals surface area contributed by atoms with Crippen molar-refractivity contribution in [1.29, 1.82) is 5.26 Å². The molecule has 2 aromatic heterocycles. The lowest BCUT2D eigenvalue weighted by Crippen LogP contribution is -2.31. The van der Waals surface area contributed by atoms with Crippen molar-refractivity contribution in [1.82, 2.24) is 15.0 Å². The predicted molar refractivity (Wildman–Crippen MR) is 115 cm³/mol. The van der Waals surface area contributed by atoms with E-state index in [1.165, 1.54) is 5.56 Å². The van der Waals surface area contributed by atoms with E-state index >= 15 is 0 Å². The lowest BCUT2D eigenvalue weighted by atomic mass is 9.99. The highest BCUT2D eigenvalue weighted by Gasteiger charge is 2.29. The van der Waals surface area contributed by atoms with Gasteiger partial charge in [-0.2, -0.15) is 5.26 Å². The Labute approximate surface area is 177 Å². The van der Waals surface area contributed by atoms with Crippen molar-refractivity contribution >= 4 is 5.95 Å². The number of nitrogens with zero attached hydrogens (tertiary/aromatic N) is 4. The zero-order valence-electron chi connectivity index (χ0n) is 17.0. The molecule has 1 N–H and O–H groups in total. The summed E-state index contributed by atoms with van der Waals surface area (Å²) in [5, 5.41) is 13.2. The van der Waals surface area contributed by atoms with Crippen molar-refractivity contribution in [3.05, 3.63) is 83.4 Å². The van der Waals surface area contributed by atoms with Gasteiger partial charge in [-0.15, -0.1) is 0 Å². The summed E-state index contributed by atoms with van der Waals surface area (Å²) in [5.41, 5.74) is 3.43. The van der Waals surface area contributed by atoms with Crippen LogP contribution in [0.2, 0.25) is 0 Å². The van der Waals surface area contributed by atoms with Gasteiger partial charge in [-0.1, -0.05) is 36.4 Å². The van der Waals surface area contributed by atoms with E-state index in [0.717, 1.165) is 24.8 Å². The van der Waals surface area contributed by atoms with E-state index in [1.54, 1.807) is 12.4 Å². The molecule has 152 valence electrons. The molecule has 1 fully saturated rings. The molecule has 0 bridgehead atoms. The molecule has 30 heavy (non-hydrogen) atoms. The molecular weight excluding hydrogens is 374 g/mol. The molecule has 0 spiro atoms. The monoisotopic (exact) mass is 399 g/mol. The highest BCUT2D eigenvalue weighted by atomic mass is 16.5. The third-order valence-corrected chi connectivity index (χ3v) is 5.47. The molecule has 1 aliphatic carbocycles. The summed E-state index contributed by atoms with van der Waals surface area (Å²) >= 11 is 0. The summed E-state index contributed by atoms with van der Waals surface area (Å²) in [5.74, 6) is 0.00967. The second-order valence-corrected chi connectivity index (χ2v) is 7.60. The Hall–Kier alpha value is -3.30. The van der Waals surface area contributed by atoms with E-state index in [0.29, 0.717) is 23.9 Å². The summed E-state index contributed by atoms with van der Waals surface area (Å²) < 4.78 is 6.19. The number of aromatic nitrogens is 3. The van der Waals surface area contributed by atoms with Crippen molar-refractivity contribution in [2.24, 2.45) is 0 Å². The van der Waals surface area contributed by atoms with Crippen LogP contribution in [0.1, 0.15) is 47.7 Å². The van der Waals surface area contributed by atoms with Crippen LogP contribution in [0, 0.1) is 18.3 Å². The van der Waals surface area contributed by atoms with Crippen LogP contribution in [-0.2, 0) is 11.3 Å². The first-order valence-electron chi connectivity index (χ1n) is 10.3. The predicted octanol–water partition coefficient (Wildman–Crippen LogP) is 4.39. The van der Waals surface area contributed by atoms with Gasteiger partial charge < -0.3 is 10.1 Å². The zero-order valence-corrected chi connectivity index (χ0v) is 17.0. The van der Waals surface area contributed by atoms with Crippen LogP contribution in [0.15, 0.2) is 60.9 Å². The third-order valence-electron chi connectivity index (χ3n) is 5.47. The van der Waals surface area contributed by atoms with Gasteiger partial charge >= 0.3 is 0 Å². The van der Waals surface area contributed by atoms with Crippen molar-refractivity contribution in [3.63, 3.8) is 0 Å². The molecule has 4 rings (SSSR count). The summed E-state index contributed by atoms with van der Waals surface area (Å²) in [6, 6.07) is 18.3. The van der Waals surface area contributed by atoms with Gasteiger partial charge in [0.2, 0.25) is 5.95 Å². The Bertz CT molecular complexity index is 1000. The largest absolute Gasteiger partial charge is 0.371 e. The van der Waals surface area contributed by atoms with Crippen LogP contribution in [0.4, 0.5) is 5.95 Å². The fourth-order valence-corrected chi connectivity index (χ4v) is 3.87. The molecule has 6 nitrogen and oxygen atoms in total. The van der Waals surface area contributed by atoms with E-state index in [-0.39, 0.29) is 12.1 Å². The highest BCUT2D eigenvalue weighted by Crippen LogP contribution is 2.28. The summed E-state index contributed by atoms with van der Waals surface area (Å²) in [6.07, 6.45) is 6.70. The maximum absolute atomic E-state index is 9.76. The molecule has 1 unspecified atom stereocenters. The minimum atomic E-state index is -0.525. The second kappa shape index (κ2) is 9.47. The van der Waals surface area contributed by atoms with Gasteiger partial charge in [0.25, 0.3) is 0 Å². The number of anilines is 1. The van der Waals surface area contributed by atoms with Gasteiger partial charge in [0.05, 0.1) is 36.2 Å². The minimum absolute atomic E-state index is 0.112. The number of nitrogens with one attached hydrogen (secondary N) is 1. The number of nitriles is 1. The molecule has 0 aliphatic heterocycles. The van der Waals surface area contributed by atoms with Crippen molar-refractivity contribution in [2.75, 3.05) is 5.32 Å². The maximum atomic E-state index is 9.76. The van der Waals surface area contributed by atoms with E-state index in [1.807, 2.05) is 43.3 Å². The molecule has 1 aliphatic rings. The Balaban J connectivity index is 1.48. The average molecular weight is 399 g/mol. The van der Waals surface area contributed by atoms with Crippen molar-refractivity contribution < 1.29 is 4.74 Å². The van der Waals surface area contributed by atoms with Gasteiger partial charge in [0.1, 0.15) is 5.92 Å². The second-order valence-electron chi connectivity index (χ2n) is 7.60. The number of hydrogen-bond donors (Lipinski definition) is 1. The normalized spacial score (nSPS) is 19.2. The Morgan fingerprint density at radius 3 is 2.73 bits per heavy atom. The maximum Gasteiger partial charge on any atom is 0.223 e. The Morgan fingerprint density at radius 2 is 1.97 bits per heavy atom.